The lowest BCUT2D eigenvalue weighted by atomic mass is 10.0. The minimum Gasteiger partial charge on any atom is -0.324 e. The summed E-state index contributed by atoms with van der Waals surface area (Å²) in [4.78, 5) is 52.2. The average molecular weight is 654 g/mol. The van der Waals surface area contributed by atoms with E-state index >= 15 is 0 Å². The van der Waals surface area contributed by atoms with Gasteiger partial charge in [0.2, 0.25) is 17.9 Å². The topological polar surface area (TPSA) is 153 Å². The van der Waals surface area contributed by atoms with Crippen molar-refractivity contribution in [3.05, 3.63) is 95.4 Å². The third-order valence-corrected chi connectivity index (χ3v) is 8.65. The van der Waals surface area contributed by atoms with Gasteiger partial charge in [0.1, 0.15) is 5.71 Å². The second-order valence-corrected chi connectivity index (χ2v) is 12.2. The van der Waals surface area contributed by atoms with Crippen LogP contribution in [0.3, 0.4) is 0 Å². The van der Waals surface area contributed by atoms with Gasteiger partial charge in [-0.3, -0.25) is 29.5 Å². The van der Waals surface area contributed by atoms with E-state index < -0.39 is 6.17 Å². The molecule has 13 heteroatoms. The van der Waals surface area contributed by atoms with Crippen LogP contribution in [0.5, 0.6) is 0 Å². The largest absolute Gasteiger partial charge is 0.324 e. The minimum atomic E-state index is -0.778. The molecule has 0 radical (unpaired) electrons. The lowest BCUT2D eigenvalue weighted by Crippen LogP contribution is -2.43. The van der Waals surface area contributed by atoms with E-state index in [9.17, 15) is 9.59 Å². The second kappa shape index (κ2) is 14.1. The summed E-state index contributed by atoms with van der Waals surface area (Å²) in [5.74, 6) is -0.0532. The third-order valence-electron chi connectivity index (χ3n) is 8.65. The summed E-state index contributed by atoms with van der Waals surface area (Å²) < 4.78 is 0. The number of carbonyl (C=O) groups is 2. The van der Waals surface area contributed by atoms with Crippen LogP contribution in [-0.4, -0.2) is 99.7 Å². The molecule has 0 atom stereocenters. The third kappa shape index (κ3) is 7.53. The van der Waals surface area contributed by atoms with E-state index in [0.29, 0.717) is 34.3 Å². The van der Waals surface area contributed by atoms with Gasteiger partial charge in [-0.1, -0.05) is 18.2 Å². The van der Waals surface area contributed by atoms with Crippen LogP contribution in [0.1, 0.15) is 33.5 Å². The molecule has 0 spiro atoms. The molecule has 5 heterocycles. The number of rotatable bonds is 10. The van der Waals surface area contributed by atoms with Crippen molar-refractivity contribution in [2.45, 2.75) is 26.1 Å². The molecule has 0 unspecified atom stereocenters. The molecule has 13 nitrogen and oxygen atoms in total. The van der Waals surface area contributed by atoms with Gasteiger partial charge in [0.05, 0.1) is 11.4 Å². The quantitative estimate of drug-likeness (QED) is 0.259. The van der Waals surface area contributed by atoms with Crippen LogP contribution in [0.4, 0.5) is 17.3 Å². The zero-order valence-corrected chi connectivity index (χ0v) is 27.2. The highest BCUT2D eigenvalue weighted by atomic mass is 16.1. The molecule has 4 aromatic rings. The zero-order chi connectivity index (χ0) is 33.7. The number of amides is 1. The van der Waals surface area contributed by atoms with Crippen LogP contribution < -0.4 is 10.6 Å². The molecule has 2 N–H and O–H groups in total. The first-order valence-corrected chi connectivity index (χ1v) is 16.1. The summed E-state index contributed by atoms with van der Waals surface area (Å²) in [6.45, 7) is 7.10. The molecule has 1 saturated heterocycles. The van der Waals surface area contributed by atoms with E-state index in [1.54, 1.807) is 24.7 Å². The number of aliphatic imine (C=N–C) groups is 2. The lowest BCUT2D eigenvalue weighted by Gasteiger charge is -2.32. The minimum absolute atomic E-state index is 0.180. The molecule has 1 fully saturated rings. The van der Waals surface area contributed by atoms with Gasteiger partial charge in [0.15, 0.2) is 0 Å². The normalized spacial score (nSPS) is 16.4. The van der Waals surface area contributed by atoms with Gasteiger partial charge < -0.3 is 15.5 Å². The van der Waals surface area contributed by atoms with Crippen molar-refractivity contribution >= 4 is 52.9 Å². The number of anilines is 3. The number of pyridine rings is 1. The molecule has 0 aliphatic carbocycles. The molecule has 49 heavy (non-hydrogen) atoms. The van der Waals surface area contributed by atoms with Crippen LogP contribution in [0.15, 0.2) is 93.4 Å². The number of likely N-dealkylation sites (N-methyl/N-ethyl adjacent to an activating group) is 1. The number of piperazine rings is 1. The van der Waals surface area contributed by atoms with E-state index in [0.717, 1.165) is 55.1 Å². The van der Waals surface area contributed by atoms with E-state index in [1.807, 2.05) is 55.5 Å². The Kier molecular flexibility index (Phi) is 9.17. The highest BCUT2D eigenvalue weighted by Crippen LogP contribution is 2.26. The summed E-state index contributed by atoms with van der Waals surface area (Å²) in [7, 11) is 2.15. The summed E-state index contributed by atoms with van der Waals surface area (Å²) in [5, 5.41) is 14.6. The molecular formula is C36H35N11O2. The van der Waals surface area contributed by atoms with Gasteiger partial charge in [0.25, 0.3) is 5.91 Å². The predicted octanol–water partition coefficient (Wildman–Crippen LogP) is 4.19. The molecule has 3 aliphatic rings. The summed E-state index contributed by atoms with van der Waals surface area (Å²) >= 11 is 0. The van der Waals surface area contributed by atoms with Crippen LogP contribution in [0.2, 0.25) is 0 Å². The molecule has 2 aromatic heterocycles. The monoisotopic (exact) mass is 653 g/mol. The van der Waals surface area contributed by atoms with Crippen molar-refractivity contribution in [3.8, 4) is 11.3 Å². The van der Waals surface area contributed by atoms with Crippen molar-refractivity contribution in [2.24, 2.45) is 20.2 Å². The maximum atomic E-state index is 13.1. The SMILES string of the molecule is Cc1ccc(NC(=O)c2ccc(CN3CCN(C)CC3)cc2)cc1Nc1nccc(-c2cncc(C3=NN=C(C(=O)C4N=CC=N4)C3)c2)n1. The standard InChI is InChI=1S/C36H35N11O2/c1-23-3-8-28(41-35(49)25-6-4-24(5-7-25)22-47-15-13-46(2)14-16-47)18-30(23)43-36-40-10-9-29(42-36)26-17-27(21-37-20-26)31-19-32(45-44-31)33(48)34-38-11-12-39-34/h3-12,17-18,20-21,34H,13-16,19,22H2,1-2H3,(H,41,49)(H,40,42,43). The molecule has 246 valence electrons. The van der Waals surface area contributed by atoms with Gasteiger partial charge in [-0.2, -0.15) is 10.2 Å². The van der Waals surface area contributed by atoms with Crippen molar-refractivity contribution in [2.75, 3.05) is 43.9 Å². The first kappa shape index (κ1) is 31.8. The van der Waals surface area contributed by atoms with Gasteiger partial charge >= 0.3 is 0 Å². The number of hydrogen-bond acceptors (Lipinski definition) is 12. The average Bonchev–Trinajstić information content (AvgIpc) is 3.85. The number of Topliss-reactive ketones (excluding diaryl/α,β-unsaturated/α-hetero) is 1. The fourth-order valence-electron chi connectivity index (χ4n) is 5.71. The van der Waals surface area contributed by atoms with Crippen LogP contribution in [0.25, 0.3) is 11.3 Å². The summed E-state index contributed by atoms with van der Waals surface area (Å²) in [5.41, 5.74) is 7.25. The van der Waals surface area contributed by atoms with Crippen molar-refractivity contribution in [1.29, 1.82) is 0 Å². The number of aromatic nitrogens is 3. The molecule has 2 aromatic carbocycles. The van der Waals surface area contributed by atoms with Gasteiger partial charge in [-0.15, -0.1) is 0 Å². The van der Waals surface area contributed by atoms with Gasteiger partial charge in [0, 0.05) is 98.2 Å². The zero-order valence-electron chi connectivity index (χ0n) is 27.2. The number of ketones is 1. The van der Waals surface area contributed by atoms with Crippen LogP contribution in [-0.2, 0) is 11.3 Å². The smallest absolute Gasteiger partial charge is 0.255 e. The number of aryl methyl sites for hydroxylation is 1. The first-order chi connectivity index (χ1) is 23.9. The number of carbonyl (C=O) groups excluding carboxylic acids is 2. The second-order valence-electron chi connectivity index (χ2n) is 12.2. The molecule has 0 bridgehead atoms. The Morgan fingerprint density at radius 1 is 0.898 bits per heavy atom. The highest BCUT2D eigenvalue weighted by Gasteiger charge is 2.27. The lowest BCUT2D eigenvalue weighted by molar-refractivity contribution is -0.113. The Labute approximate surface area is 283 Å². The first-order valence-electron chi connectivity index (χ1n) is 16.1. The van der Waals surface area contributed by atoms with Gasteiger partial charge in [-0.25, -0.2) is 9.97 Å². The van der Waals surface area contributed by atoms with E-state index in [2.05, 4.69) is 57.6 Å². The Hall–Kier alpha value is -5.79. The maximum absolute atomic E-state index is 13.1. The van der Waals surface area contributed by atoms with E-state index in [4.69, 9.17) is 4.98 Å². The molecule has 1 amide bonds. The Morgan fingerprint density at radius 2 is 1.67 bits per heavy atom. The summed E-state index contributed by atoms with van der Waals surface area (Å²) in [6.07, 6.45) is 7.57. The number of nitrogens with zero attached hydrogens (tertiary/aromatic N) is 9. The van der Waals surface area contributed by atoms with Crippen LogP contribution in [0, 0.1) is 6.92 Å². The van der Waals surface area contributed by atoms with E-state index in [-0.39, 0.29) is 18.1 Å². The fourth-order valence-corrected chi connectivity index (χ4v) is 5.71. The van der Waals surface area contributed by atoms with Gasteiger partial charge in [-0.05, 0) is 61.5 Å². The Balaban J connectivity index is 0.991. The maximum Gasteiger partial charge on any atom is 0.255 e. The van der Waals surface area contributed by atoms with Crippen molar-refractivity contribution in [3.63, 3.8) is 0 Å². The van der Waals surface area contributed by atoms with Crippen LogP contribution >= 0.6 is 0 Å². The predicted molar refractivity (Wildman–Crippen MR) is 191 cm³/mol. The molecular weight excluding hydrogens is 618 g/mol. The molecule has 3 aliphatic heterocycles. The van der Waals surface area contributed by atoms with Crippen molar-refractivity contribution < 1.29 is 9.59 Å². The Morgan fingerprint density at radius 3 is 2.47 bits per heavy atom. The summed E-state index contributed by atoms with van der Waals surface area (Å²) in [6, 6.07) is 17.2. The number of hydrogen-bond donors (Lipinski definition) is 2. The highest BCUT2D eigenvalue weighted by molar-refractivity contribution is 6.47. The number of nitrogens with one attached hydrogen (secondary N) is 2. The number of benzene rings is 2. The van der Waals surface area contributed by atoms with Crippen molar-refractivity contribution in [1.82, 2.24) is 24.8 Å². The van der Waals surface area contributed by atoms with E-state index in [1.165, 1.54) is 18.0 Å². The Bertz CT molecular complexity index is 2000. The molecule has 7 rings (SSSR count). The molecule has 0 saturated carbocycles. The fraction of sp³-hybridized carbons (Fsp3) is 0.250.